The third kappa shape index (κ3) is 3.66. The summed E-state index contributed by atoms with van der Waals surface area (Å²) in [6, 6.07) is 1.52. The number of hydrogen-bond donors (Lipinski definition) is 2. The van der Waals surface area contributed by atoms with Gasteiger partial charge in [-0.15, -0.1) is 5.10 Å². The summed E-state index contributed by atoms with van der Waals surface area (Å²) in [5, 5.41) is 12.8. The van der Waals surface area contributed by atoms with Gasteiger partial charge in [0.2, 0.25) is 0 Å². The van der Waals surface area contributed by atoms with Gasteiger partial charge < -0.3 is 5.73 Å². The Morgan fingerprint density at radius 2 is 1.75 bits per heavy atom. The molecule has 0 aliphatic rings. The van der Waals surface area contributed by atoms with E-state index in [-0.39, 0.29) is 30.4 Å². The average molecular weight is 353 g/mol. The first-order valence-corrected chi connectivity index (χ1v) is 6.69. The zero-order valence-electron chi connectivity index (χ0n) is 12.3. The molecule has 0 spiro atoms. The lowest BCUT2D eigenvalue weighted by Gasteiger charge is -2.26. The molecule has 11 heteroatoms. The molecule has 1 aromatic carbocycles. The predicted octanol–water partition coefficient (Wildman–Crippen LogP) is 2.70. The minimum Gasteiger partial charge on any atom is -0.329 e. The van der Waals surface area contributed by atoms with E-state index in [1.807, 2.05) is 0 Å². The lowest BCUT2D eigenvalue weighted by atomic mass is 9.81. The second-order valence-electron chi connectivity index (χ2n) is 5.56. The topological polar surface area (TPSA) is 80.5 Å². The third-order valence-corrected chi connectivity index (χ3v) is 3.69. The molecule has 2 aromatic rings. The molecule has 132 valence electrons. The maximum atomic E-state index is 13.2. The number of tetrazole rings is 1. The summed E-state index contributed by atoms with van der Waals surface area (Å²) in [6.07, 6.45) is -10.1. The highest BCUT2D eigenvalue weighted by molar-refractivity contribution is 5.37. The SMILES string of the molecule is CC(CN)(Cc1ccc(C(F)(F)F)cc1C(F)(F)F)c1nnn[nH]1. The highest BCUT2D eigenvalue weighted by atomic mass is 19.4. The summed E-state index contributed by atoms with van der Waals surface area (Å²) in [6.45, 7) is 1.41. The average Bonchev–Trinajstić information content (AvgIpc) is 3.00. The van der Waals surface area contributed by atoms with Crippen molar-refractivity contribution < 1.29 is 26.3 Å². The number of hydrogen-bond acceptors (Lipinski definition) is 4. The maximum Gasteiger partial charge on any atom is 0.416 e. The van der Waals surface area contributed by atoms with Crippen LogP contribution >= 0.6 is 0 Å². The zero-order valence-corrected chi connectivity index (χ0v) is 12.3. The van der Waals surface area contributed by atoms with Gasteiger partial charge in [-0.2, -0.15) is 26.3 Å². The van der Waals surface area contributed by atoms with Crippen molar-refractivity contribution in [3.05, 3.63) is 40.7 Å². The molecule has 5 nitrogen and oxygen atoms in total. The van der Waals surface area contributed by atoms with Gasteiger partial charge in [0.1, 0.15) is 0 Å². The number of H-pyrrole nitrogens is 1. The van der Waals surface area contributed by atoms with Crippen LogP contribution in [0, 0.1) is 0 Å². The number of aromatic amines is 1. The number of rotatable bonds is 4. The molecule has 0 saturated carbocycles. The van der Waals surface area contributed by atoms with Crippen LogP contribution < -0.4 is 5.73 Å². The number of nitrogens with two attached hydrogens (primary N) is 1. The monoisotopic (exact) mass is 353 g/mol. The minimum absolute atomic E-state index is 0.102. The van der Waals surface area contributed by atoms with Crippen molar-refractivity contribution in [2.24, 2.45) is 5.73 Å². The molecule has 2 rings (SSSR count). The van der Waals surface area contributed by atoms with Crippen LogP contribution in [-0.2, 0) is 24.2 Å². The van der Waals surface area contributed by atoms with E-state index in [9.17, 15) is 26.3 Å². The van der Waals surface area contributed by atoms with Gasteiger partial charge in [0.15, 0.2) is 5.82 Å². The van der Waals surface area contributed by atoms with Crippen molar-refractivity contribution in [1.29, 1.82) is 0 Å². The number of nitrogens with one attached hydrogen (secondary N) is 1. The third-order valence-electron chi connectivity index (χ3n) is 3.69. The largest absolute Gasteiger partial charge is 0.416 e. The molecule has 0 aliphatic carbocycles. The van der Waals surface area contributed by atoms with Gasteiger partial charge in [0.05, 0.1) is 11.1 Å². The van der Waals surface area contributed by atoms with E-state index in [4.69, 9.17) is 5.73 Å². The molecule has 0 amide bonds. The Balaban J connectivity index is 2.50. The van der Waals surface area contributed by atoms with Gasteiger partial charge in [0, 0.05) is 12.0 Å². The molecule has 3 N–H and O–H groups in total. The van der Waals surface area contributed by atoms with E-state index < -0.39 is 28.9 Å². The highest BCUT2D eigenvalue weighted by Gasteiger charge is 2.40. The molecule has 0 fully saturated rings. The van der Waals surface area contributed by atoms with E-state index in [1.54, 1.807) is 0 Å². The first-order valence-electron chi connectivity index (χ1n) is 6.69. The highest BCUT2D eigenvalue weighted by Crippen LogP contribution is 2.39. The van der Waals surface area contributed by atoms with Gasteiger partial charge in [-0.3, -0.25) is 0 Å². The van der Waals surface area contributed by atoms with Crippen LogP contribution in [0.3, 0.4) is 0 Å². The van der Waals surface area contributed by atoms with E-state index >= 15 is 0 Å². The van der Waals surface area contributed by atoms with Gasteiger partial charge in [-0.25, -0.2) is 5.10 Å². The summed E-state index contributed by atoms with van der Waals surface area (Å²) in [5.41, 5.74) is 1.49. The quantitative estimate of drug-likeness (QED) is 0.829. The number of benzene rings is 1. The van der Waals surface area contributed by atoms with Crippen molar-refractivity contribution in [1.82, 2.24) is 20.6 Å². The molecule has 1 aromatic heterocycles. The van der Waals surface area contributed by atoms with Crippen molar-refractivity contribution >= 4 is 0 Å². The van der Waals surface area contributed by atoms with Crippen LogP contribution in [0.1, 0.15) is 29.4 Å². The van der Waals surface area contributed by atoms with Crippen LogP contribution in [0.4, 0.5) is 26.3 Å². The first kappa shape index (κ1) is 18.2. The van der Waals surface area contributed by atoms with Gasteiger partial charge in [0.25, 0.3) is 0 Å². The lowest BCUT2D eigenvalue weighted by molar-refractivity contribution is -0.143. The Morgan fingerprint density at radius 1 is 1.08 bits per heavy atom. The van der Waals surface area contributed by atoms with Crippen molar-refractivity contribution in [2.45, 2.75) is 31.1 Å². The van der Waals surface area contributed by atoms with Gasteiger partial charge >= 0.3 is 12.4 Å². The Hall–Kier alpha value is -2.17. The fourth-order valence-corrected chi connectivity index (χ4v) is 2.26. The summed E-state index contributed by atoms with van der Waals surface area (Å²) in [5.74, 6) is 0.151. The molecular weight excluding hydrogens is 340 g/mol. The molecule has 0 aliphatic heterocycles. The summed E-state index contributed by atoms with van der Waals surface area (Å²) < 4.78 is 77.7. The van der Waals surface area contributed by atoms with Crippen molar-refractivity contribution in [3.63, 3.8) is 0 Å². The van der Waals surface area contributed by atoms with Gasteiger partial charge in [-0.05, 0) is 34.5 Å². The molecule has 0 bridgehead atoms. The second kappa shape index (κ2) is 6.04. The fraction of sp³-hybridized carbons (Fsp3) is 0.462. The molecule has 1 atom stereocenters. The molecule has 1 heterocycles. The molecule has 0 saturated heterocycles. The van der Waals surface area contributed by atoms with E-state index in [1.165, 1.54) is 6.92 Å². The minimum atomic E-state index is -4.94. The molecule has 24 heavy (non-hydrogen) atoms. The predicted molar refractivity (Wildman–Crippen MR) is 70.7 cm³/mol. The fourth-order valence-electron chi connectivity index (χ4n) is 2.26. The maximum absolute atomic E-state index is 13.2. The van der Waals surface area contributed by atoms with Gasteiger partial charge in [-0.1, -0.05) is 13.0 Å². The number of halogens is 6. The van der Waals surface area contributed by atoms with Crippen LogP contribution in [-0.4, -0.2) is 27.2 Å². The standard InChI is InChI=1S/C13H13F6N5/c1-11(6-20,10-21-23-24-22-10)5-7-2-3-8(12(14,15)16)4-9(7)13(17,18)19/h2-4H,5-6,20H2,1H3,(H,21,22,23,24). The Kier molecular flexibility index (Phi) is 4.57. The van der Waals surface area contributed by atoms with Crippen LogP contribution in [0.2, 0.25) is 0 Å². The number of alkyl halides is 6. The smallest absolute Gasteiger partial charge is 0.329 e. The summed E-state index contributed by atoms with van der Waals surface area (Å²) in [4.78, 5) is 0. The van der Waals surface area contributed by atoms with Crippen LogP contribution in [0.15, 0.2) is 18.2 Å². The zero-order chi connectivity index (χ0) is 18.2. The Morgan fingerprint density at radius 3 is 2.21 bits per heavy atom. The number of aromatic nitrogens is 4. The van der Waals surface area contributed by atoms with Crippen molar-refractivity contribution in [2.75, 3.05) is 6.54 Å². The summed E-state index contributed by atoms with van der Waals surface area (Å²) >= 11 is 0. The van der Waals surface area contributed by atoms with Crippen LogP contribution in [0.25, 0.3) is 0 Å². The Labute approximate surface area is 132 Å². The normalized spacial score (nSPS) is 15.3. The second-order valence-corrected chi connectivity index (χ2v) is 5.56. The number of nitrogens with zero attached hydrogens (tertiary/aromatic N) is 3. The summed E-state index contributed by atoms with van der Waals surface area (Å²) in [7, 11) is 0. The molecule has 1 unspecified atom stereocenters. The van der Waals surface area contributed by atoms with Crippen LogP contribution in [0.5, 0.6) is 0 Å². The van der Waals surface area contributed by atoms with Crippen molar-refractivity contribution in [3.8, 4) is 0 Å². The Bertz CT molecular complexity index is 694. The molecule has 0 radical (unpaired) electrons. The van der Waals surface area contributed by atoms with E-state index in [2.05, 4.69) is 20.6 Å². The lowest BCUT2D eigenvalue weighted by Crippen LogP contribution is -2.36. The molecular formula is C13H13F6N5. The van der Waals surface area contributed by atoms with E-state index in [0.29, 0.717) is 6.07 Å². The first-order chi connectivity index (χ1) is 11.0. The van der Waals surface area contributed by atoms with E-state index in [0.717, 1.165) is 6.07 Å².